The summed E-state index contributed by atoms with van der Waals surface area (Å²) in [6.07, 6.45) is 23.3. The molecule has 0 unspecified atom stereocenters. The van der Waals surface area contributed by atoms with Crippen LogP contribution in [0.2, 0.25) is 0 Å². The van der Waals surface area contributed by atoms with Crippen LogP contribution in [0.5, 0.6) is 0 Å². The molecule has 0 amide bonds. The molecule has 0 N–H and O–H groups in total. The Bertz CT molecular complexity index is 492. The molecule has 0 radical (unpaired) electrons. The van der Waals surface area contributed by atoms with E-state index in [1.165, 1.54) is 77.0 Å². The number of ketones is 1. The molecule has 1 rings (SSSR count). The summed E-state index contributed by atoms with van der Waals surface area (Å²) in [5.74, 6) is 2.82. The van der Waals surface area contributed by atoms with Crippen molar-refractivity contribution in [3.63, 3.8) is 0 Å². The molecule has 0 fully saturated rings. The zero-order chi connectivity index (χ0) is 18.2. The normalized spacial score (nSPS) is 10.6. The molecule has 0 aliphatic carbocycles. The van der Waals surface area contributed by atoms with Crippen molar-refractivity contribution in [3.05, 3.63) is 35.4 Å². The van der Waals surface area contributed by atoms with E-state index in [2.05, 4.69) is 12.8 Å². The molecule has 0 aliphatic rings. The van der Waals surface area contributed by atoms with Gasteiger partial charge in [-0.25, -0.2) is 0 Å². The minimum absolute atomic E-state index is 0.242. The van der Waals surface area contributed by atoms with Crippen LogP contribution in [-0.2, 0) is 0 Å². The highest BCUT2D eigenvalue weighted by Gasteiger charge is 2.05. The van der Waals surface area contributed by atoms with Gasteiger partial charge in [0.1, 0.15) is 0 Å². The van der Waals surface area contributed by atoms with Gasteiger partial charge in [-0.1, -0.05) is 102 Å². The minimum atomic E-state index is 0.242. The SMILES string of the molecule is C#Cc1ccc(C(=O)CCCCCCCCCCCCCCC)cc1. The molecule has 0 saturated carbocycles. The van der Waals surface area contributed by atoms with Crippen LogP contribution in [0.4, 0.5) is 0 Å². The number of hydrogen-bond acceptors (Lipinski definition) is 1. The molecule has 25 heavy (non-hydrogen) atoms. The van der Waals surface area contributed by atoms with Gasteiger partial charge < -0.3 is 0 Å². The summed E-state index contributed by atoms with van der Waals surface area (Å²) in [7, 11) is 0. The number of Topliss-reactive ketones (excluding diaryl/α,β-unsaturated/α-hetero) is 1. The number of carbonyl (C=O) groups is 1. The van der Waals surface area contributed by atoms with E-state index in [-0.39, 0.29) is 5.78 Å². The Hall–Kier alpha value is -1.55. The van der Waals surface area contributed by atoms with E-state index in [1.807, 2.05) is 24.3 Å². The molecule has 0 heterocycles. The monoisotopic (exact) mass is 340 g/mol. The quantitative estimate of drug-likeness (QED) is 0.185. The molecule has 1 aromatic rings. The molecular weight excluding hydrogens is 304 g/mol. The van der Waals surface area contributed by atoms with E-state index in [4.69, 9.17) is 6.42 Å². The Balaban J connectivity index is 1.91. The summed E-state index contributed by atoms with van der Waals surface area (Å²) in [6, 6.07) is 7.38. The lowest BCUT2D eigenvalue weighted by Gasteiger charge is -2.03. The largest absolute Gasteiger partial charge is 0.294 e. The van der Waals surface area contributed by atoms with Gasteiger partial charge in [0.25, 0.3) is 0 Å². The number of terminal acetylenes is 1. The lowest BCUT2D eigenvalue weighted by Crippen LogP contribution is -1.98. The number of rotatable bonds is 15. The Labute approximate surface area is 155 Å². The first-order valence-electron chi connectivity index (χ1n) is 10.4. The van der Waals surface area contributed by atoms with E-state index < -0.39 is 0 Å². The average Bonchev–Trinajstić information content (AvgIpc) is 2.65. The molecule has 1 heteroatoms. The molecule has 1 nitrogen and oxygen atoms in total. The van der Waals surface area contributed by atoms with Gasteiger partial charge in [-0.2, -0.15) is 0 Å². The summed E-state index contributed by atoms with van der Waals surface area (Å²) in [4.78, 5) is 12.1. The first-order valence-corrected chi connectivity index (χ1v) is 10.4. The predicted octanol–water partition coefficient (Wildman–Crippen LogP) is 7.33. The molecule has 0 saturated heterocycles. The summed E-state index contributed by atoms with van der Waals surface area (Å²) in [5.41, 5.74) is 1.62. The molecule has 0 spiro atoms. The molecule has 138 valence electrons. The maximum Gasteiger partial charge on any atom is 0.162 e. The van der Waals surface area contributed by atoms with E-state index in [0.717, 1.165) is 17.5 Å². The van der Waals surface area contributed by atoms with Gasteiger partial charge in [0.05, 0.1) is 0 Å². The third-order valence-corrected chi connectivity index (χ3v) is 4.88. The van der Waals surface area contributed by atoms with Crippen molar-refractivity contribution in [1.29, 1.82) is 0 Å². The highest BCUT2D eigenvalue weighted by Crippen LogP contribution is 2.14. The predicted molar refractivity (Wildman–Crippen MR) is 109 cm³/mol. The van der Waals surface area contributed by atoms with Crippen LogP contribution in [0.15, 0.2) is 24.3 Å². The van der Waals surface area contributed by atoms with Crippen LogP contribution >= 0.6 is 0 Å². The van der Waals surface area contributed by atoms with Crippen LogP contribution in [-0.4, -0.2) is 5.78 Å². The summed E-state index contributed by atoms with van der Waals surface area (Å²) < 4.78 is 0. The molecule has 0 aliphatic heterocycles. The summed E-state index contributed by atoms with van der Waals surface area (Å²) >= 11 is 0. The molecule has 0 atom stereocenters. The van der Waals surface area contributed by atoms with Crippen molar-refractivity contribution in [2.45, 2.75) is 96.8 Å². The molecule has 1 aromatic carbocycles. The number of benzene rings is 1. The van der Waals surface area contributed by atoms with Crippen LogP contribution in [0.25, 0.3) is 0 Å². The molecule has 0 aromatic heterocycles. The third kappa shape index (κ3) is 10.8. The molecule has 0 bridgehead atoms. The van der Waals surface area contributed by atoms with Crippen molar-refractivity contribution in [2.24, 2.45) is 0 Å². The number of carbonyl (C=O) groups excluding carboxylic acids is 1. The van der Waals surface area contributed by atoms with Crippen LogP contribution in [0.3, 0.4) is 0 Å². The van der Waals surface area contributed by atoms with E-state index >= 15 is 0 Å². The van der Waals surface area contributed by atoms with Gasteiger partial charge in [-0.15, -0.1) is 6.42 Å². The maximum absolute atomic E-state index is 12.1. The fourth-order valence-electron chi connectivity index (χ4n) is 3.20. The second kappa shape index (κ2) is 14.8. The van der Waals surface area contributed by atoms with Gasteiger partial charge in [-0.05, 0) is 18.6 Å². The van der Waals surface area contributed by atoms with Crippen molar-refractivity contribution in [1.82, 2.24) is 0 Å². The molecular formula is C24H36O. The minimum Gasteiger partial charge on any atom is -0.294 e. The van der Waals surface area contributed by atoms with Crippen molar-refractivity contribution < 1.29 is 4.79 Å². The summed E-state index contributed by atoms with van der Waals surface area (Å²) in [5, 5.41) is 0. The number of unbranched alkanes of at least 4 members (excludes halogenated alkanes) is 12. The Morgan fingerprint density at radius 3 is 1.64 bits per heavy atom. The second-order valence-corrected chi connectivity index (χ2v) is 7.14. The van der Waals surface area contributed by atoms with Crippen molar-refractivity contribution in [2.75, 3.05) is 0 Å². The zero-order valence-corrected chi connectivity index (χ0v) is 16.2. The van der Waals surface area contributed by atoms with Crippen molar-refractivity contribution >= 4 is 5.78 Å². The maximum atomic E-state index is 12.1. The Kier molecular flexibility index (Phi) is 12.7. The van der Waals surface area contributed by atoms with E-state index in [9.17, 15) is 4.79 Å². The first kappa shape index (κ1) is 21.5. The Morgan fingerprint density at radius 2 is 1.20 bits per heavy atom. The third-order valence-electron chi connectivity index (χ3n) is 4.88. The average molecular weight is 341 g/mol. The van der Waals surface area contributed by atoms with E-state index in [0.29, 0.717) is 6.42 Å². The Morgan fingerprint density at radius 1 is 0.760 bits per heavy atom. The smallest absolute Gasteiger partial charge is 0.162 e. The van der Waals surface area contributed by atoms with Gasteiger partial charge >= 0.3 is 0 Å². The van der Waals surface area contributed by atoms with Crippen LogP contribution in [0, 0.1) is 12.3 Å². The lowest BCUT2D eigenvalue weighted by atomic mass is 10.0. The van der Waals surface area contributed by atoms with Gasteiger partial charge in [0.15, 0.2) is 5.78 Å². The van der Waals surface area contributed by atoms with Crippen molar-refractivity contribution in [3.8, 4) is 12.3 Å². The second-order valence-electron chi connectivity index (χ2n) is 7.14. The van der Waals surface area contributed by atoms with E-state index in [1.54, 1.807) is 0 Å². The van der Waals surface area contributed by atoms with Crippen LogP contribution < -0.4 is 0 Å². The fourth-order valence-corrected chi connectivity index (χ4v) is 3.20. The van der Waals surface area contributed by atoms with Gasteiger partial charge in [0, 0.05) is 17.5 Å². The van der Waals surface area contributed by atoms with Crippen LogP contribution in [0.1, 0.15) is 113 Å². The highest BCUT2D eigenvalue weighted by atomic mass is 16.1. The first-order chi connectivity index (χ1) is 12.3. The fraction of sp³-hybridized carbons (Fsp3) is 0.625. The highest BCUT2D eigenvalue weighted by molar-refractivity contribution is 5.96. The standard InChI is InChI=1S/C24H36O/c1-3-5-6-7-8-9-10-11-12-13-14-15-16-17-24(25)23-20-18-22(4-2)19-21-23/h2,18-21H,3,5-17H2,1H3. The number of hydrogen-bond donors (Lipinski definition) is 0. The zero-order valence-electron chi connectivity index (χ0n) is 16.2. The van der Waals surface area contributed by atoms with Gasteiger partial charge in [0.2, 0.25) is 0 Å². The topological polar surface area (TPSA) is 17.1 Å². The van der Waals surface area contributed by atoms with Gasteiger partial charge in [-0.3, -0.25) is 4.79 Å². The lowest BCUT2D eigenvalue weighted by molar-refractivity contribution is 0.0979. The summed E-state index contributed by atoms with van der Waals surface area (Å²) in [6.45, 7) is 2.27.